The summed E-state index contributed by atoms with van der Waals surface area (Å²) in [6, 6.07) is 10.7. The molecule has 0 N–H and O–H groups in total. The predicted octanol–water partition coefficient (Wildman–Crippen LogP) is 1.78. The smallest absolute Gasteiger partial charge is 0.255 e. The van der Waals surface area contributed by atoms with E-state index in [9.17, 15) is 14.4 Å². The molecule has 33 heavy (non-hydrogen) atoms. The molecule has 0 saturated carbocycles. The van der Waals surface area contributed by atoms with Crippen molar-refractivity contribution < 1.29 is 19.1 Å². The highest BCUT2D eigenvalue weighted by atomic mass is 16.5. The molecule has 172 valence electrons. The van der Waals surface area contributed by atoms with E-state index in [1.165, 1.54) is 0 Å². The van der Waals surface area contributed by atoms with Crippen molar-refractivity contribution in [3.8, 4) is 0 Å². The van der Waals surface area contributed by atoms with Crippen molar-refractivity contribution in [1.29, 1.82) is 0 Å². The second kappa shape index (κ2) is 8.26. The summed E-state index contributed by atoms with van der Waals surface area (Å²) in [7, 11) is 0. The summed E-state index contributed by atoms with van der Waals surface area (Å²) in [5.74, 6) is -0.761. The molecule has 0 bridgehead atoms. The number of pyridine rings is 1. The van der Waals surface area contributed by atoms with E-state index in [-0.39, 0.29) is 23.8 Å². The van der Waals surface area contributed by atoms with E-state index in [0.717, 1.165) is 5.56 Å². The molecule has 1 aromatic carbocycles. The highest BCUT2D eigenvalue weighted by Crippen LogP contribution is 2.48. The zero-order chi connectivity index (χ0) is 23.2. The van der Waals surface area contributed by atoms with Gasteiger partial charge >= 0.3 is 0 Å². The molecule has 1 spiro atoms. The van der Waals surface area contributed by atoms with E-state index >= 15 is 0 Å². The summed E-state index contributed by atoms with van der Waals surface area (Å²) in [5, 5.41) is 0. The third-order valence-corrected chi connectivity index (χ3v) is 6.95. The lowest BCUT2D eigenvalue weighted by Crippen LogP contribution is -2.78. The predicted molar refractivity (Wildman–Crippen MR) is 121 cm³/mol. The molecule has 1 unspecified atom stereocenters. The maximum Gasteiger partial charge on any atom is 0.255 e. The topological polar surface area (TPSA) is 83.1 Å². The molecule has 0 radical (unpaired) electrons. The lowest BCUT2D eigenvalue weighted by Gasteiger charge is -2.62. The molecule has 2 aromatic rings. The van der Waals surface area contributed by atoms with Gasteiger partial charge in [0.25, 0.3) is 11.8 Å². The van der Waals surface area contributed by atoms with Gasteiger partial charge in [0.2, 0.25) is 5.91 Å². The van der Waals surface area contributed by atoms with Crippen LogP contribution in [0.3, 0.4) is 0 Å². The molecule has 4 heterocycles. The van der Waals surface area contributed by atoms with Gasteiger partial charge in [0, 0.05) is 50.2 Å². The first kappa shape index (κ1) is 21.6. The van der Waals surface area contributed by atoms with Gasteiger partial charge in [-0.25, -0.2) is 0 Å². The van der Waals surface area contributed by atoms with E-state index in [1.807, 2.05) is 41.8 Å². The molecule has 2 saturated heterocycles. The molecule has 3 amide bonds. The number of nitrogens with zero attached hydrogens (tertiary/aromatic N) is 4. The van der Waals surface area contributed by atoms with Crippen LogP contribution in [0.25, 0.3) is 0 Å². The number of carbonyl (C=O) groups excluding carboxylic acids is 3. The number of carbonyl (C=O) groups is 3. The summed E-state index contributed by atoms with van der Waals surface area (Å²) in [4.78, 5) is 50.1. The highest BCUT2D eigenvalue weighted by molar-refractivity contribution is 6.03. The van der Waals surface area contributed by atoms with Crippen molar-refractivity contribution >= 4 is 17.7 Å². The van der Waals surface area contributed by atoms with Crippen molar-refractivity contribution in [3.05, 3.63) is 65.5 Å². The maximum atomic E-state index is 14.0. The lowest BCUT2D eigenvalue weighted by molar-refractivity contribution is -0.146. The van der Waals surface area contributed by atoms with Crippen LogP contribution in [0, 0.1) is 0 Å². The molecule has 5 rings (SSSR count). The number of rotatable bonds is 3. The number of fused-ring (bicyclic) bond motifs is 1. The average molecular weight is 449 g/mol. The Morgan fingerprint density at radius 2 is 1.79 bits per heavy atom. The fourth-order valence-corrected chi connectivity index (χ4v) is 5.55. The van der Waals surface area contributed by atoms with Crippen LogP contribution in [0.2, 0.25) is 0 Å². The van der Waals surface area contributed by atoms with Gasteiger partial charge in [-0.15, -0.1) is 0 Å². The Kier molecular flexibility index (Phi) is 5.40. The number of morpholine rings is 1. The molecule has 3 aliphatic heterocycles. The van der Waals surface area contributed by atoms with Gasteiger partial charge in [0.15, 0.2) is 0 Å². The van der Waals surface area contributed by atoms with Crippen LogP contribution >= 0.6 is 0 Å². The third-order valence-electron chi connectivity index (χ3n) is 6.95. The zero-order valence-corrected chi connectivity index (χ0v) is 18.9. The van der Waals surface area contributed by atoms with Crippen LogP contribution in [0.15, 0.2) is 48.8 Å². The van der Waals surface area contributed by atoms with Gasteiger partial charge in [-0.3, -0.25) is 19.4 Å². The van der Waals surface area contributed by atoms with Gasteiger partial charge in [-0.2, -0.15) is 0 Å². The minimum Gasteiger partial charge on any atom is -0.378 e. The fraction of sp³-hybridized carbons (Fsp3) is 0.440. The minimum absolute atomic E-state index is 0.00243. The molecule has 8 heteroatoms. The SMILES string of the molecule is CC(C)N1C(=O)c2ccccc2C(C(=O)N2CCOCC2)C12CN(C(=O)c1cccnc1)C2. The van der Waals surface area contributed by atoms with Gasteiger partial charge < -0.3 is 19.4 Å². The summed E-state index contributed by atoms with van der Waals surface area (Å²) in [6.45, 7) is 6.62. The Morgan fingerprint density at radius 1 is 1.06 bits per heavy atom. The molecule has 1 atom stereocenters. The Hall–Kier alpha value is -3.26. The Balaban J connectivity index is 1.56. The van der Waals surface area contributed by atoms with Gasteiger partial charge in [-0.1, -0.05) is 18.2 Å². The second-order valence-corrected chi connectivity index (χ2v) is 9.23. The Labute approximate surface area is 193 Å². The minimum atomic E-state index is -0.785. The summed E-state index contributed by atoms with van der Waals surface area (Å²) in [5.41, 5.74) is 1.04. The Morgan fingerprint density at radius 3 is 2.45 bits per heavy atom. The van der Waals surface area contributed by atoms with Crippen molar-refractivity contribution in [2.24, 2.45) is 0 Å². The van der Waals surface area contributed by atoms with Crippen LogP contribution in [0.1, 0.15) is 46.0 Å². The fourth-order valence-electron chi connectivity index (χ4n) is 5.55. The molecular formula is C25H28N4O4. The van der Waals surface area contributed by atoms with E-state index in [1.54, 1.807) is 35.5 Å². The van der Waals surface area contributed by atoms with Gasteiger partial charge in [-0.05, 0) is 37.6 Å². The number of likely N-dealkylation sites (tertiary alicyclic amines) is 1. The van der Waals surface area contributed by atoms with E-state index < -0.39 is 11.5 Å². The molecule has 3 aliphatic rings. The summed E-state index contributed by atoms with van der Waals surface area (Å²) in [6.07, 6.45) is 3.17. The molecule has 1 aromatic heterocycles. The third kappa shape index (κ3) is 3.40. The Bertz CT molecular complexity index is 1070. The highest BCUT2D eigenvalue weighted by Gasteiger charge is 2.62. The van der Waals surface area contributed by atoms with E-state index in [0.29, 0.717) is 50.5 Å². The molecular weight excluding hydrogens is 420 g/mol. The lowest BCUT2D eigenvalue weighted by atomic mass is 9.67. The van der Waals surface area contributed by atoms with Crippen LogP contribution in [0.5, 0.6) is 0 Å². The number of benzene rings is 1. The van der Waals surface area contributed by atoms with Crippen molar-refractivity contribution in [3.63, 3.8) is 0 Å². The molecule has 0 aliphatic carbocycles. The van der Waals surface area contributed by atoms with Crippen LogP contribution in [-0.2, 0) is 9.53 Å². The van der Waals surface area contributed by atoms with Crippen molar-refractivity contribution in [2.75, 3.05) is 39.4 Å². The first-order valence-electron chi connectivity index (χ1n) is 11.4. The monoisotopic (exact) mass is 448 g/mol. The molecule has 2 fully saturated rings. The standard InChI is InChI=1S/C25H28N4O4/c1-17(2)29-23(31)20-8-4-3-7-19(20)21(24(32)27-10-12-33-13-11-27)25(29)15-28(16-25)22(30)18-6-5-9-26-14-18/h3-9,14,17,21H,10-13,15-16H2,1-2H3. The van der Waals surface area contributed by atoms with Crippen molar-refractivity contribution in [1.82, 2.24) is 19.7 Å². The quantitative estimate of drug-likeness (QED) is 0.715. The number of aromatic nitrogens is 1. The number of hydrogen-bond acceptors (Lipinski definition) is 5. The number of amides is 3. The summed E-state index contributed by atoms with van der Waals surface area (Å²) < 4.78 is 5.46. The van der Waals surface area contributed by atoms with Crippen LogP contribution < -0.4 is 0 Å². The van der Waals surface area contributed by atoms with Crippen LogP contribution in [0.4, 0.5) is 0 Å². The zero-order valence-electron chi connectivity index (χ0n) is 18.9. The first-order valence-corrected chi connectivity index (χ1v) is 11.4. The van der Waals surface area contributed by atoms with E-state index in [2.05, 4.69) is 4.98 Å². The number of hydrogen-bond donors (Lipinski definition) is 0. The van der Waals surface area contributed by atoms with Gasteiger partial charge in [0.1, 0.15) is 0 Å². The van der Waals surface area contributed by atoms with Gasteiger partial charge in [0.05, 0.1) is 30.2 Å². The number of ether oxygens (including phenoxy) is 1. The van der Waals surface area contributed by atoms with Crippen molar-refractivity contribution in [2.45, 2.75) is 31.3 Å². The largest absolute Gasteiger partial charge is 0.378 e. The normalized spacial score (nSPS) is 21.7. The second-order valence-electron chi connectivity index (χ2n) is 9.23. The maximum absolute atomic E-state index is 14.0. The van der Waals surface area contributed by atoms with Crippen LogP contribution in [-0.4, -0.2) is 88.4 Å². The molecule has 8 nitrogen and oxygen atoms in total. The average Bonchev–Trinajstić information content (AvgIpc) is 2.82. The first-order chi connectivity index (χ1) is 15.9. The summed E-state index contributed by atoms with van der Waals surface area (Å²) >= 11 is 0. The van der Waals surface area contributed by atoms with E-state index in [4.69, 9.17) is 4.74 Å².